The summed E-state index contributed by atoms with van der Waals surface area (Å²) in [7, 11) is -1.41. The Bertz CT molecular complexity index is 527. The zero-order chi connectivity index (χ0) is 14.0. The van der Waals surface area contributed by atoms with E-state index in [2.05, 4.69) is 16.5 Å². The Morgan fingerprint density at radius 1 is 1.58 bits per heavy atom. The van der Waals surface area contributed by atoms with Crippen LogP contribution >= 0.6 is 11.3 Å². The van der Waals surface area contributed by atoms with Gasteiger partial charge in [0.15, 0.2) is 0 Å². The highest BCUT2D eigenvalue weighted by atomic mass is 32.2. The van der Waals surface area contributed by atoms with Crippen molar-refractivity contribution in [2.45, 2.75) is 30.2 Å². The van der Waals surface area contributed by atoms with Crippen molar-refractivity contribution < 1.29 is 13.5 Å². The molecule has 1 aromatic heterocycles. The van der Waals surface area contributed by atoms with E-state index in [4.69, 9.17) is 5.11 Å². The number of sulfonamides is 1. The molecule has 1 aromatic rings. The highest BCUT2D eigenvalue weighted by Gasteiger charge is 2.29. The van der Waals surface area contributed by atoms with Crippen LogP contribution in [0.5, 0.6) is 0 Å². The van der Waals surface area contributed by atoms with E-state index in [9.17, 15) is 8.42 Å². The number of aliphatic hydroxyl groups excluding tert-OH is 1. The number of hydrogen-bond acceptors (Lipinski definition) is 5. The maximum absolute atomic E-state index is 12.3. The minimum Gasteiger partial charge on any atom is -0.392 e. The Kier molecular flexibility index (Phi) is 4.62. The van der Waals surface area contributed by atoms with Gasteiger partial charge in [-0.25, -0.2) is 13.1 Å². The topological polar surface area (TPSA) is 69.6 Å². The lowest BCUT2D eigenvalue weighted by Gasteiger charge is -2.34. The quantitative estimate of drug-likeness (QED) is 0.865. The Labute approximate surface area is 118 Å². The third-order valence-electron chi connectivity index (χ3n) is 3.49. The van der Waals surface area contributed by atoms with Crippen molar-refractivity contribution in [2.24, 2.45) is 5.92 Å². The van der Waals surface area contributed by atoms with Gasteiger partial charge >= 0.3 is 0 Å². The number of piperidine rings is 1. The fraction of sp³-hybridized carbons (Fsp3) is 0.667. The zero-order valence-corrected chi connectivity index (χ0v) is 12.8. The molecule has 1 fully saturated rings. The number of thiophene rings is 1. The first-order valence-electron chi connectivity index (χ1n) is 6.31. The number of nitrogens with one attached hydrogen (secondary N) is 1. The van der Waals surface area contributed by atoms with Crippen LogP contribution in [0.3, 0.4) is 0 Å². The average Bonchev–Trinajstić information content (AvgIpc) is 2.82. The maximum Gasteiger partial charge on any atom is 0.250 e. The number of likely N-dealkylation sites (tertiary alicyclic amines) is 1. The second kappa shape index (κ2) is 5.88. The normalized spacial score (nSPS) is 25.6. The Balaban J connectivity index is 2.08. The summed E-state index contributed by atoms with van der Waals surface area (Å²) in [6.07, 6.45) is 0.829. The molecule has 2 rings (SSSR count). The SMILES string of the molecule is CC1CN(C)CCC1NS(=O)(=O)c1cc(CO)cs1. The second-order valence-corrected chi connectivity index (χ2v) is 8.04. The summed E-state index contributed by atoms with van der Waals surface area (Å²) < 4.78 is 27.6. The van der Waals surface area contributed by atoms with Crippen LogP contribution in [0.1, 0.15) is 18.9 Å². The fourth-order valence-electron chi connectivity index (χ4n) is 2.36. The summed E-state index contributed by atoms with van der Waals surface area (Å²) in [5.74, 6) is 0.297. The van der Waals surface area contributed by atoms with Gasteiger partial charge in [-0.3, -0.25) is 0 Å². The van der Waals surface area contributed by atoms with Crippen LogP contribution in [0.25, 0.3) is 0 Å². The van der Waals surface area contributed by atoms with Crippen molar-refractivity contribution in [2.75, 3.05) is 20.1 Å². The first-order chi connectivity index (χ1) is 8.92. The van der Waals surface area contributed by atoms with Gasteiger partial charge in [-0.15, -0.1) is 11.3 Å². The molecule has 0 saturated carbocycles. The molecule has 0 spiro atoms. The van der Waals surface area contributed by atoms with Gasteiger partial charge in [-0.2, -0.15) is 0 Å². The Hall–Kier alpha value is -0.470. The highest BCUT2D eigenvalue weighted by molar-refractivity contribution is 7.91. The lowest BCUT2D eigenvalue weighted by atomic mass is 9.95. The molecule has 2 heterocycles. The molecule has 2 N–H and O–H groups in total. The van der Waals surface area contributed by atoms with E-state index in [1.807, 2.05) is 7.05 Å². The van der Waals surface area contributed by atoms with Crippen LogP contribution in [0.2, 0.25) is 0 Å². The molecule has 0 aromatic carbocycles. The van der Waals surface area contributed by atoms with Crippen molar-refractivity contribution >= 4 is 21.4 Å². The van der Waals surface area contributed by atoms with Crippen LogP contribution in [-0.4, -0.2) is 44.6 Å². The van der Waals surface area contributed by atoms with Gasteiger partial charge < -0.3 is 10.0 Å². The summed E-state index contributed by atoms with van der Waals surface area (Å²) in [6, 6.07) is 1.52. The number of nitrogens with zero attached hydrogens (tertiary/aromatic N) is 1. The summed E-state index contributed by atoms with van der Waals surface area (Å²) in [6.45, 7) is 3.75. The van der Waals surface area contributed by atoms with Crippen LogP contribution in [0, 0.1) is 5.92 Å². The minimum atomic E-state index is -3.46. The van der Waals surface area contributed by atoms with Crippen molar-refractivity contribution in [1.82, 2.24) is 9.62 Å². The highest BCUT2D eigenvalue weighted by Crippen LogP contribution is 2.23. The minimum absolute atomic E-state index is 0.0131. The fourth-order valence-corrected chi connectivity index (χ4v) is 4.96. The molecule has 0 bridgehead atoms. The van der Waals surface area contributed by atoms with Crippen LogP contribution in [-0.2, 0) is 16.6 Å². The van der Waals surface area contributed by atoms with E-state index < -0.39 is 10.0 Å². The molecular weight excluding hydrogens is 284 g/mol. The average molecular weight is 304 g/mol. The Morgan fingerprint density at radius 2 is 2.32 bits per heavy atom. The third kappa shape index (κ3) is 3.55. The predicted octanol–water partition coefficient (Wildman–Crippen LogP) is 0.859. The summed E-state index contributed by atoms with van der Waals surface area (Å²) in [5.41, 5.74) is 0.641. The van der Waals surface area contributed by atoms with Crippen LogP contribution < -0.4 is 4.72 Å². The number of aliphatic hydroxyl groups is 1. The molecule has 1 aliphatic rings. The molecule has 0 amide bonds. The number of hydrogen-bond donors (Lipinski definition) is 2. The largest absolute Gasteiger partial charge is 0.392 e. The van der Waals surface area contributed by atoms with Gasteiger partial charge in [-0.1, -0.05) is 6.92 Å². The van der Waals surface area contributed by atoms with Gasteiger partial charge in [0.1, 0.15) is 4.21 Å². The van der Waals surface area contributed by atoms with E-state index in [0.717, 1.165) is 30.8 Å². The lowest BCUT2D eigenvalue weighted by Crippen LogP contribution is -2.48. The van der Waals surface area contributed by atoms with E-state index in [0.29, 0.717) is 11.5 Å². The van der Waals surface area contributed by atoms with E-state index in [1.54, 1.807) is 5.38 Å². The van der Waals surface area contributed by atoms with E-state index in [-0.39, 0.29) is 16.9 Å². The molecule has 7 heteroatoms. The van der Waals surface area contributed by atoms with Crippen molar-refractivity contribution in [3.05, 3.63) is 17.0 Å². The summed E-state index contributed by atoms with van der Waals surface area (Å²) >= 11 is 1.15. The molecule has 19 heavy (non-hydrogen) atoms. The van der Waals surface area contributed by atoms with Gasteiger partial charge in [-0.05, 0) is 42.9 Å². The summed E-state index contributed by atoms with van der Waals surface area (Å²) in [4.78, 5) is 2.21. The second-order valence-electron chi connectivity index (χ2n) is 5.19. The summed E-state index contributed by atoms with van der Waals surface area (Å²) in [5, 5.41) is 10.7. The van der Waals surface area contributed by atoms with Gasteiger partial charge in [0, 0.05) is 12.6 Å². The molecular formula is C12H20N2O3S2. The Morgan fingerprint density at radius 3 is 2.89 bits per heavy atom. The lowest BCUT2D eigenvalue weighted by molar-refractivity contribution is 0.188. The molecule has 108 valence electrons. The number of rotatable bonds is 4. The molecule has 2 atom stereocenters. The molecule has 5 nitrogen and oxygen atoms in total. The molecule has 0 radical (unpaired) electrons. The molecule has 0 aliphatic carbocycles. The zero-order valence-electron chi connectivity index (χ0n) is 11.2. The first-order valence-corrected chi connectivity index (χ1v) is 8.68. The van der Waals surface area contributed by atoms with Gasteiger partial charge in [0.05, 0.1) is 6.61 Å². The predicted molar refractivity (Wildman–Crippen MR) is 75.6 cm³/mol. The standard InChI is InChI=1S/C12H20N2O3S2/c1-9-6-14(2)4-3-11(9)13-19(16,17)12-5-10(7-15)8-18-12/h5,8-9,11,13,15H,3-4,6-7H2,1-2H3. The molecule has 1 saturated heterocycles. The van der Waals surface area contributed by atoms with Crippen molar-refractivity contribution in [3.8, 4) is 0 Å². The smallest absolute Gasteiger partial charge is 0.250 e. The first kappa shape index (κ1) is 14.9. The van der Waals surface area contributed by atoms with E-state index in [1.165, 1.54) is 6.07 Å². The van der Waals surface area contributed by atoms with Gasteiger partial charge in [0.25, 0.3) is 0 Å². The monoisotopic (exact) mass is 304 g/mol. The molecule has 1 aliphatic heterocycles. The van der Waals surface area contributed by atoms with Crippen molar-refractivity contribution in [1.29, 1.82) is 0 Å². The van der Waals surface area contributed by atoms with Crippen LogP contribution in [0.15, 0.2) is 15.7 Å². The van der Waals surface area contributed by atoms with Crippen molar-refractivity contribution in [3.63, 3.8) is 0 Å². The van der Waals surface area contributed by atoms with Gasteiger partial charge in [0.2, 0.25) is 10.0 Å². The van der Waals surface area contributed by atoms with Crippen LogP contribution in [0.4, 0.5) is 0 Å². The van der Waals surface area contributed by atoms with E-state index >= 15 is 0 Å². The maximum atomic E-state index is 12.3. The molecule has 2 unspecified atom stereocenters. The third-order valence-corrected chi connectivity index (χ3v) is 6.47.